The maximum absolute atomic E-state index is 6.21. The molecule has 1 aromatic carbocycles. The highest BCUT2D eigenvalue weighted by Gasteiger charge is 2.49. The molecule has 4 fully saturated rings. The van der Waals surface area contributed by atoms with E-state index in [1.807, 2.05) is 0 Å². The molecule has 1 atom stereocenters. The largest absolute Gasteiger partial charge is 0.398 e. The molecule has 1 aromatic rings. The summed E-state index contributed by atoms with van der Waals surface area (Å²) in [4.78, 5) is 0. The Morgan fingerprint density at radius 2 is 1.53 bits per heavy atom. The highest BCUT2D eigenvalue weighted by molar-refractivity contribution is 5.48. The molecule has 5 rings (SSSR count). The van der Waals surface area contributed by atoms with Crippen LogP contribution in [0.4, 0.5) is 5.69 Å². The highest BCUT2D eigenvalue weighted by Crippen LogP contribution is 2.59. The van der Waals surface area contributed by atoms with Gasteiger partial charge in [-0.15, -0.1) is 0 Å². The van der Waals surface area contributed by atoms with Crippen LogP contribution in [0.25, 0.3) is 0 Å². The van der Waals surface area contributed by atoms with Crippen molar-refractivity contribution in [3.05, 3.63) is 29.8 Å². The smallest absolute Gasteiger partial charge is 0.0349 e. The predicted octanol–water partition coefficient (Wildman–Crippen LogP) is 4.44. The summed E-state index contributed by atoms with van der Waals surface area (Å²) >= 11 is 0. The summed E-state index contributed by atoms with van der Waals surface area (Å²) in [7, 11) is 0. The van der Waals surface area contributed by atoms with E-state index in [-0.39, 0.29) is 0 Å². The standard InChI is InChI=1S/C18H25N/c1-11(16-4-2-3-5-17(16)19)18-14-7-12-6-13(9-14)10-15(18)8-12/h2-5,11-15,18H,6-10,19H2,1H3. The molecule has 1 unspecified atom stereocenters. The fraction of sp³-hybridized carbons (Fsp3) is 0.667. The van der Waals surface area contributed by atoms with Crippen LogP contribution in [0, 0.1) is 29.6 Å². The Balaban J connectivity index is 1.64. The molecule has 4 saturated carbocycles. The minimum absolute atomic E-state index is 0.649. The van der Waals surface area contributed by atoms with Crippen LogP contribution in [0.5, 0.6) is 0 Å². The Kier molecular flexibility index (Phi) is 2.65. The van der Waals surface area contributed by atoms with Crippen molar-refractivity contribution in [1.82, 2.24) is 0 Å². The fourth-order valence-corrected chi connectivity index (χ4v) is 5.92. The van der Waals surface area contributed by atoms with Crippen LogP contribution in [0.15, 0.2) is 24.3 Å². The number of hydrogen-bond donors (Lipinski definition) is 1. The number of benzene rings is 1. The van der Waals surface area contributed by atoms with Crippen LogP contribution in [0.1, 0.15) is 50.5 Å². The van der Waals surface area contributed by atoms with E-state index in [9.17, 15) is 0 Å². The Hall–Kier alpha value is -0.980. The Morgan fingerprint density at radius 1 is 0.947 bits per heavy atom. The van der Waals surface area contributed by atoms with Crippen molar-refractivity contribution in [2.45, 2.75) is 44.9 Å². The lowest BCUT2D eigenvalue weighted by Crippen LogP contribution is -2.46. The van der Waals surface area contributed by atoms with Crippen LogP contribution < -0.4 is 5.73 Å². The van der Waals surface area contributed by atoms with Gasteiger partial charge in [0, 0.05) is 5.69 Å². The number of para-hydroxylation sites is 1. The van der Waals surface area contributed by atoms with Gasteiger partial charge in [0.25, 0.3) is 0 Å². The Bertz CT molecular complexity index is 450. The van der Waals surface area contributed by atoms with E-state index in [2.05, 4.69) is 31.2 Å². The summed E-state index contributed by atoms with van der Waals surface area (Å²) in [5, 5.41) is 0. The van der Waals surface area contributed by atoms with Crippen molar-refractivity contribution in [2.24, 2.45) is 29.6 Å². The van der Waals surface area contributed by atoms with Crippen molar-refractivity contribution < 1.29 is 0 Å². The number of nitrogen functional groups attached to an aromatic ring is 1. The highest BCUT2D eigenvalue weighted by atomic mass is 14.6. The summed E-state index contributed by atoms with van der Waals surface area (Å²) in [6, 6.07) is 8.54. The molecule has 0 saturated heterocycles. The molecular weight excluding hydrogens is 230 g/mol. The first-order valence-electron chi connectivity index (χ1n) is 8.06. The third-order valence-electron chi connectivity index (χ3n) is 6.36. The first kappa shape index (κ1) is 11.8. The second-order valence-corrected chi connectivity index (χ2v) is 7.43. The minimum atomic E-state index is 0.649. The van der Waals surface area contributed by atoms with Gasteiger partial charge in [-0.1, -0.05) is 25.1 Å². The molecule has 0 aliphatic heterocycles. The number of anilines is 1. The van der Waals surface area contributed by atoms with E-state index in [4.69, 9.17) is 5.73 Å². The monoisotopic (exact) mass is 255 g/mol. The van der Waals surface area contributed by atoms with Gasteiger partial charge < -0.3 is 5.73 Å². The maximum atomic E-state index is 6.21. The van der Waals surface area contributed by atoms with Crippen molar-refractivity contribution >= 4 is 5.69 Å². The molecule has 2 N–H and O–H groups in total. The molecule has 0 aromatic heterocycles. The fourth-order valence-electron chi connectivity index (χ4n) is 5.92. The lowest BCUT2D eigenvalue weighted by atomic mass is 9.49. The lowest BCUT2D eigenvalue weighted by Gasteiger charge is -2.56. The molecule has 102 valence electrons. The van der Waals surface area contributed by atoms with Crippen molar-refractivity contribution in [3.63, 3.8) is 0 Å². The van der Waals surface area contributed by atoms with Gasteiger partial charge in [0.15, 0.2) is 0 Å². The van der Waals surface area contributed by atoms with Crippen LogP contribution in [-0.4, -0.2) is 0 Å². The molecule has 0 amide bonds. The maximum Gasteiger partial charge on any atom is 0.0349 e. The Morgan fingerprint density at radius 3 is 2.11 bits per heavy atom. The number of hydrogen-bond acceptors (Lipinski definition) is 1. The zero-order valence-electron chi connectivity index (χ0n) is 11.9. The van der Waals surface area contributed by atoms with Crippen molar-refractivity contribution in [2.75, 3.05) is 5.73 Å². The van der Waals surface area contributed by atoms with Crippen LogP contribution in [-0.2, 0) is 0 Å². The second kappa shape index (κ2) is 4.26. The lowest BCUT2D eigenvalue weighted by molar-refractivity contribution is -0.0454. The zero-order valence-corrected chi connectivity index (χ0v) is 11.9. The normalized spacial score (nSPS) is 41.4. The first-order chi connectivity index (χ1) is 9.22. The van der Waals surface area contributed by atoms with E-state index in [1.165, 1.54) is 31.2 Å². The zero-order chi connectivity index (χ0) is 13.0. The molecule has 0 spiro atoms. The molecule has 4 bridgehead atoms. The van der Waals surface area contributed by atoms with Crippen molar-refractivity contribution in [1.29, 1.82) is 0 Å². The average Bonchev–Trinajstić information content (AvgIpc) is 2.37. The molecular formula is C18H25N. The predicted molar refractivity (Wildman–Crippen MR) is 79.8 cm³/mol. The summed E-state index contributed by atoms with van der Waals surface area (Å²) in [5.41, 5.74) is 8.62. The van der Waals surface area contributed by atoms with Gasteiger partial charge >= 0.3 is 0 Å². The summed E-state index contributed by atoms with van der Waals surface area (Å²) in [6.45, 7) is 2.43. The molecule has 0 radical (unpaired) electrons. The van der Waals surface area contributed by atoms with E-state index < -0.39 is 0 Å². The number of rotatable bonds is 2. The van der Waals surface area contributed by atoms with E-state index in [1.54, 1.807) is 6.42 Å². The van der Waals surface area contributed by atoms with Gasteiger partial charge in [0.1, 0.15) is 0 Å². The average molecular weight is 255 g/mol. The Labute approximate surface area is 116 Å². The van der Waals surface area contributed by atoms with Crippen LogP contribution >= 0.6 is 0 Å². The molecule has 4 aliphatic carbocycles. The molecule has 0 heterocycles. The third-order valence-corrected chi connectivity index (χ3v) is 6.36. The summed E-state index contributed by atoms with van der Waals surface area (Å²) in [6.07, 6.45) is 7.58. The topological polar surface area (TPSA) is 26.0 Å². The van der Waals surface area contributed by atoms with Gasteiger partial charge in [-0.2, -0.15) is 0 Å². The molecule has 1 nitrogen and oxygen atoms in total. The van der Waals surface area contributed by atoms with E-state index >= 15 is 0 Å². The van der Waals surface area contributed by atoms with Crippen LogP contribution in [0.3, 0.4) is 0 Å². The SMILES string of the molecule is CC(c1ccccc1N)C1C2CC3CC(C2)CC1C3. The second-order valence-electron chi connectivity index (χ2n) is 7.43. The summed E-state index contributed by atoms with van der Waals surface area (Å²) in [5.74, 6) is 5.67. The van der Waals surface area contributed by atoms with Crippen LogP contribution in [0.2, 0.25) is 0 Å². The quantitative estimate of drug-likeness (QED) is 0.777. The van der Waals surface area contributed by atoms with Crippen molar-refractivity contribution in [3.8, 4) is 0 Å². The van der Waals surface area contributed by atoms with Gasteiger partial charge in [0.2, 0.25) is 0 Å². The third kappa shape index (κ3) is 1.81. The van der Waals surface area contributed by atoms with Gasteiger partial charge in [-0.3, -0.25) is 0 Å². The van der Waals surface area contributed by atoms with Gasteiger partial charge in [-0.05, 0) is 79.2 Å². The number of nitrogens with two attached hydrogens (primary N) is 1. The van der Waals surface area contributed by atoms with E-state index in [0.717, 1.165) is 35.3 Å². The molecule has 1 heteroatoms. The van der Waals surface area contributed by atoms with E-state index in [0.29, 0.717) is 5.92 Å². The van der Waals surface area contributed by atoms with Gasteiger partial charge in [-0.25, -0.2) is 0 Å². The minimum Gasteiger partial charge on any atom is -0.398 e. The van der Waals surface area contributed by atoms with Gasteiger partial charge in [0.05, 0.1) is 0 Å². The molecule has 4 aliphatic rings. The molecule has 19 heavy (non-hydrogen) atoms. The summed E-state index contributed by atoms with van der Waals surface area (Å²) < 4.78 is 0. The first-order valence-corrected chi connectivity index (χ1v) is 8.06.